The molecule has 0 bridgehead atoms. The van der Waals surface area contributed by atoms with Gasteiger partial charge in [-0.3, -0.25) is 0 Å². The highest BCUT2D eigenvalue weighted by Gasteiger charge is 2.11. The van der Waals surface area contributed by atoms with Crippen molar-refractivity contribution in [1.82, 2.24) is 5.32 Å². The molecule has 1 aromatic rings. The van der Waals surface area contributed by atoms with Crippen LogP contribution in [0.1, 0.15) is 43.1 Å². The Balaban J connectivity index is 2.49. The lowest BCUT2D eigenvalue weighted by Gasteiger charge is -2.18. The number of hydrogen-bond acceptors (Lipinski definition) is 2. The molecule has 0 radical (unpaired) electrons. The van der Waals surface area contributed by atoms with E-state index in [1.54, 1.807) is 6.07 Å². The highest BCUT2D eigenvalue weighted by atomic mass is 19.1. The Bertz CT molecular complexity index is 424. The zero-order valence-corrected chi connectivity index (χ0v) is 11.1. The molecule has 0 saturated heterocycles. The summed E-state index contributed by atoms with van der Waals surface area (Å²) >= 11 is 0. The van der Waals surface area contributed by atoms with Gasteiger partial charge in [0.15, 0.2) is 0 Å². The van der Waals surface area contributed by atoms with E-state index in [2.05, 4.69) is 26.1 Å². The van der Waals surface area contributed by atoms with Crippen LogP contribution < -0.4 is 5.32 Å². The molecule has 1 aromatic carbocycles. The lowest BCUT2D eigenvalue weighted by atomic mass is 9.92. The first kappa shape index (κ1) is 14.6. The van der Waals surface area contributed by atoms with Gasteiger partial charge in [-0.05, 0) is 36.1 Å². The number of aromatic carboxylic acids is 1. The Morgan fingerprint density at radius 1 is 1.39 bits per heavy atom. The zero-order chi connectivity index (χ0) is 13.8. The summed E-state index contributed by atoms with van der Waals surface area (Å²) in [5.74, 6) is -1.92. The second-order valence-corrected chi connectivity index (χ2v) is 5.61. The third kappa shape index (κ3) is 4.84. The van der Waals surface area contributed by atoms with Gasteiger partial charge in [-0.2, -0.15) is 0 Å². The van der Waals surface area contributed by atoms with E-state index in [-0.39, 0.29) is 11.0 Å². The van der Waals surface area contributed by atoms with Crippen LogP contribution in [0.5, 0.6) is 0 Å². The van der Waals surface area contributed by atoms with Crippen LogP contribution in [-0.4, -0.2) is 17.6 Å². The van der Waals surface area contributed by atoms with Crippen LogP contribution in [0, 0.1) is 11.2 Å². The Morgan fingerprint density at radius 2 is 2.06 bits per heavy atom. The molecule has 0 atom stereocenters. The van der Waals surface area contributed by atoms with Gasteiger partial charge in [-0.1, -0.05) is 26.8 Å². The van der Waals surface area contributed by atoms with E-state index in [1.165, 1.54) is 12.1 Å². The second-order valence-electron chi connectivity index (χ2n) is 5.61. The van der Waals surface area contributed by atoms with Gasteiger partial charge in [-0.15, -0.1) is 0 Å². The van der Waals surface area contributed by atoms with Crippen molar-refractivity contribution in [2.45, 2.75) is 33.7 Å². The van der Waals surface area contributed by atoms with Crippen LogP contribution in [0.3, 0.4) is 0 Å². The fraction of sp³-hybridized carbons (Fsp3) is 0.500. The Kier molecular flexibility index (Phi) is 4.84. The Morgan fingerprint density at radius 3 is 2.56 bits per heavy atom. The van der Waals surface area contributed by atoms with Crippen molar-refractivity contribution in [1.29, 1.82) is 0 Å². The average molecular weight is 253 g/mol. The van der Waals surface area contributed by atoms with Crippen molar-refractivity contribution < 1.29 is 14.3 Å². The van der Waals surface area contributed by atoms with Gasteiger partial charge in [0.2, 0.25) is 0 Å². The van der Waals surface area contributed by atoms with Gasteiger partial charge in [0, 0.05) is 6.54 Å². The Hall–Kier alpha value is -1.42. The fourth-order valence-corrected chi connectivity index (χ4v) is 1.54. The molecule has 0 amide bonds. The molecular weight excluding hydrogens is 233 g/mol. The summed E-state index contributed by atoms with van der Waals surface area (Å²) in [5, 5.41) is 11.9. The van der Waals surface area contributed by atoms with Crippen molar-refractivity contribution in [3.05, 3.63) is 35.1 Å². The van der Waals surface area contributed by atoms with Gasteiger partial charge in [0.1, 0.15) is 5.82 Å². The highest BCUT2D eigenvalue weighted by Crippen LogP contribution is 2.17. The third-order valence-electron chi connectivity index (χ3n) is 2.64. The summed E-state index contributed by atoms with van der Waals surface area (Å²) in [6, 6.07) is 4.21. The van der Waals surface area contributed by atoms with Gasteiger partial charge in [0.25, 0.3) is 0 Å². The van der Waals surface area contributed by atoms with E-state index in [9.17, 15) is 9.18 Å². The molecule has 0 spiro atoms. The molecule has 0 aromatic heterocycles. The third-order valence-corrected chi connectivity index (χ3v) is 2.64. The molecule has 18 heavy (non-hydrogen) atoms. The van der Waals surface area contributed by atoms with Crippen molar-refractivity contribution >= 4 is 5.97 Å². The summed E-state index contributed by atoms with van der Waals surface area (Å²) < 4.78 is 13.4. The molecule has 0 heterocycles. The molecule has 0 saturated carbocycles. The standard InChI is InChI=1S/C14H20FNO2/c1-14(2,3)6-7-16-9-10-4-5-11(13(17)18)12(15)8-10/h4-5,8,16H,6-7,9H2,1-3H3,(H,17,18). The number of hydrogen-bond donors (Lipinski definition) is 2. The van der Waals surface area contributed by atoms with Crippen LogP contribution >= 0.6 is 0 Å². The minimum Gasteiger partial charge on any atom is -0.478 e. The summed E-state index contributed by atoms with van der Waals surface area (Å²) in [5.41, 5.74) is 0.741. The number of carbonyl (C=O) groups is 1. The van der Waals surface area contributed by atoms with E-state index in [4.69, 9.17) is 5.11 Å². The number of benzene rings is 1. The topological polar surface area (TPSA) is 49.3 Å². The van der Waals surface area contributed by atoms with E-state index < -0.39 is 11.8 Å². The molecule has 100 valence electrons. The molecule has 1 rings (SSSR count). The smallest absolute Gasteiger partial charge is 0.338 e. The van der Waals surface area contributed by atoms with Gasteiger partial charge < -0.3 is 10.4 Å². The molecular formula is C14H20FNO2. The van der Waals surface area contributed by atoms with Crippen LogP contribution in [0.25, 0.3) is 0 Å². The zero-order valence-electron chi connectivity index (χ0n) is 11.1. The first-order valence-electron chi connectivity index (χ1n) is 6.02. The fourth-order valence-electron chi connectivity index (χ4n) is 1.54. The maximum Gasteiger partial charge on any atom is 0.338 e. The van der Waals surface area contributed by atoms with Gasteiger partial charge in [-0.25, -0.2) is 9.18 Å². The predicted molar refractivity (Wildman–Crippen MR) is 69.1 cm³/mol. The van der Waals surface area contributed by atoms with Crippen molar-refractivity contribution in [2.24, 2.45) is 5.41 Å². The summed E-state index contributed by atoms with van der Waals surface area (Å²) in [6.45, 7) is 7.89. The molecule has 4 heteroatoms. The number of carboxylic acids is 1. The molecule has 0 fully saturated rings. The summed E-state index contributed by atoms with van der Waals surface area (Å²) in [7, 11) is 0. The number of nitrogens with one attached hydrogen (secondary N) is 1. The van der Waals surface area contributed by atoms with Crippen LogP contribution in [0.15, 0.2) is 18.2 Å². The van der Waals surface area contributed by atoms with Crippen molar-refractivity contribution in [3.8, 4) is 0 Å². The van der Waals surface area contributed by atoms with E-state index >= 15 is 0 Å². The second kappa shape index (κ2) is 5.96. The number of carboxylic acid groups (broad SMARTS) is 1. The van der Waals surface area contributed by atoms with Crippen molar-refractivity contribution in [3.63, 3.8) is 0 Å². The first-order chi connectivity index (χ1) is 8.29. The Labute approximate surface area is 107 Å². The minimum absolute atomic E-state index is 0.269. The maximum atomic E-state index is 13.4. The van der Waals surface area contributed by atoms with Gasteiger partial charge >= 0.3 is 5.97 Å². The van der Waals surface area contributed by atoms with Crippen LogP contribution in [0.4, 0.5) is 4.39 Å². The first-order valence-corrected chi connectivity index (χ1v) is 6.02. The SMILES string of the molecule is CC(C)(C)CCNCc1ccc(C(=O)O)c(F)c1. The van der Waals surface area contributed by atoms with E-state index in [0.29, 0.717) is 6.54 Å². The molecule has 0 aliphatic rings. The largest absolute Gasteiger partial charge is 0.478 e. The molecule has 0 aliphatic heterocycles. The van der Waals surface area contributed by atoms with Crippen LogP contribution in [0.2, 0.25) is 0 Å². The predicted octanol–water partition coefficient (Wildman–Crippen LogP) is 3.05. The summed E-state index contributed by atoms with van der Waals surface area (Å²) in [4.78, 5) is 10.6. The van der Waals surface area contributed by atoms with Crippen LogP contribution in [-0.2, 0) is 6.54 Å². The minimum atomic E-state index is -1.24. The van der Waals surface area contributed by atoms with E-state index in [0.717, 1.165) is 18.5 Å². The molecule has 0 unspecified atom stereocenters. The number of halogens is 1. The quantitative estimate of drug-likeness (QED) is 0.793. The lowest BCUT2D eigenvalue weighted by molar-refractivity contribution is 0.0692. The normalized spacial score (nSPS) is 11.6. The maximum absolute atomic E-state index is 13.4. The summed E-state index contributed by atoms with van der Waals surface area (Å²) in [6.07, 6.45) is 1.03. The lowest BCUT2D eigenvalue weighted by Crippen LogP contribution is -2.20. The van der Waals surface area contributed by atoms with E-state index in [1.807, 2.05) is 0 Å². The molecule has 3 nitrogen and oxygen atoms in total. The molecule has 2 N–H and O–H groups in total. The van der Waals surface area contributed by atoms with Gasteiger partial charge in [0.05, 0.1) is 5.56 Å². The molecule has 0 aliphatic carbocycles. The average Bonchev–Trinajstić information content (AvgIpc) is 2.22. The monoisotopic (exact) mass is 253 g/mol. The number of rotatable bonds is 5. The highest BCUT2D eigenvalue weighted by molar-refractivity contribution is 5.87. The van der Waals surface area contributed by atoms with Crippen molar-refractivity contribution in [2.75, 3.05) is 6.54 Å².